The monoisotopic (exact) mass is 884 g/mol. The van der Waals surface area contributed by atoms with Crippen molar-refractivity contribution in [1.82, 2.24) is 4.90 Å². The number of rotatable bonds is 5. The summed E-state index contributed by atoms with van der Waals surface area (Å²) in [6, 6.07) is -1.12. The molecular weight excluding hydrogens is 807 g/mol. The van der Waals surface area contributed by atoms with E-state index in [1.807, 2.05) is 58.1 Å². The second-order valence-corrected chi connectivity index (χ2v) is 19.3. The number of carbonyl (C=O) groups excluding carboxylic acids is 5. The van der Waals surface area contributed by atoms with E-state index < -0.39 is 77.8 Å². The fraction of sp³-hybridized carbons (Fsp3) is 0.740. The molecule has 3 N–H and O–H groups in total. The summed E-state index contributed by atoms with van der Waals surface area (Å²) in [6.45, 7) is 12.8. The molecule has 2 saturated heterocycles. The molecule has 0 radical (unpaired) electrons. The number of amides is 1. The number of ether oxygens (including phenoxy) is 4. The highest BCUT2D eigenvalue weighted by Crippen LogP contribution is 2.37. The number of hydrogen-bond acceptors (Lipinski definition) is 12. The number of ketones is 3. The zero-order valence-electron chi connectivity index (χ0n) is 39.3. The van der Waals surface area contributed by atoms with Gasteiger partial charge in [-0.1, -0.05) is 71.1 Å². The molecule has 0 spiro atoms. The van der Waals surface area contributed by atoms with Crippen LogP contribution in [0.25, 0.3) is 0 Å². The van der Waals surface area contributed by atoms with Crippen molar-refractivity contribution in [3.63, 3.8) is 0 Å². The van der Waals surface area contributed by atoms with E-state index in [1.165, 1.54) is 12.0 Å². The molecule has 2 bridgehead atoms. The van der Waals surface area contributed by atoms with E-state index in [9.17, 15) is 39.3 Å². The van der Waals surface area contributed by atoms with Crippen LogP contribution >= 0.6 is 0 Å². The van der Waals surface area contributed by atoms with Gasteiger partial charge in [0.1, 0.15) is 18.2 Å². The number of aliphatic hydroxyl groups is 3. The molecule has 0 aromatic rings. The Morgan fingerprint density at radius 2 is 1.57 bits per heavy atom. The zero-order chi connectivity index (χ0) is 46.6. The van der Waals surface area contributed by atoms with Crippen molar-refractivity contribution >= 4 is 29.2 Å². The van der Waals surface area contributed by atoms with E-state index in [2.05, 4.69) is 0 Å². The summed E-state index contributed by atoms with van der Waals surface area (Å²) >= 11 is 0. The molecule has 1 saturated carbocycles. The number of carbonyl (C=O) groups is 5. The third-order valence-electron chi connectivity index (χ3n) is 14.1. The van der Waals surface area contributed by atoms with Crippen LogP contribution in [0.5, 0.6) is 0 Å². The maximum absolute atomic E-state index is 14.3. The van der Waals surface area contributed by atoms with Crippen LogP contribution in [0.15, 0.2) is 47.6 Å². The quantitative estimate of drug-likeness (QED) is 0.200. The predicted octanol–water partition coefficient (Wildman–Crippen LogP) is 6.56. The fourth-order valence-electron chi connectivity index (χ4n) is 9.85. The molecule has 3 aliphatic heterocycles. The summed E-state index contributed by atoms with van der Waals surface area (Å²) in [5.74, 6) is -7.58. The molecule has 1 unspecified atom stereocenters. The number of nitrogens with zero attached hydrogens (tertiary/aromatic N) is 1. The molecule has 3 heterocycles. The maximum Gasteiger partial charge on any atom is 0.329 e. The molecule has 12 atom stereocenters. The first-order valence-corrected chi connectivity index (χ1v) is 23.5. The number of esters is 1. The molecule has 63 heavy (non-hydrogen) atoms. The summed E-state index contributed by atoms with van der Waals surface area (Å²) in [5, 5.41) is 33.5. The molecule has 13 heteroatoms. The van der Waals surface area contributed by atoms with Crippen LogP contribution < -0.4 is 0 Å². The number of piperidine rings is 1. The second kappa shape index (κ2) is 24.3. The lowest BCUT2D eigenvalue weighted by atomic mass is 9.80. The Morgan fingerprint density at radius 3 is 2.24 bits per heavy atom. The van der Waals surface area contributed by atoms with Crippen LogP contribution in [0.1, 0.15) is 132 Å². The Morgan fingerprint density at radius 1 is 0.873 bits per heavy atom. The maximum atomic E-state index is 14.3. The van der Waals surface area contributed by atoms with Gasteiger partial charge in [-0.05, 0) is 113 Å². The summed E-state index contributed by atoms with van der Waals surface area (Å²) in [7, 11) is 2.97. The third kappa shape index (κ3) is 14.1. The van der Waals surface area contributed by atoms with E-state index in [1.54, 1.807) is 34.0 Å². The van der Waals surface area contributed by atoms with Crippen LogP contribution in [0, 0.1) is 35.5 Å². The van der Waals surface area contributed by atoms with E-state index in [-0.39, 0.29) is 54.8 Å². The Kier molecular flexibility index (Phi) is 20.1. The second-order valence-electron chi connectivity index (χ2n) is 19.3. The minimum absolute atomic E-state index is 0.0300. The smallest absolute Gasteiger partial charge is 0.329 e. The normalized spacial score (nSPS) is 37.5. The van der Waals surface area contributed by atoms with Gasteiger partial charge in [0.25, 0.3) is 11.7 Å². The van der Waals surface area contributed by atoms with Crippen LogP contribution in [0.2, 0.25) is 0 Å². The van der Waals surface area contributed by atoms with Crippen molar-refractivity contribution in [2.24, 2.45) is 35.5 Å². The van der Waals surface area contributed by atoms with Crippen LogP contribution in [0.4, 0.5) is 0 Å². The van der Waals surface area contributed by atoms with Crippen molar-refractivity contribution in [3.8, 4) is 0 Å². The molecular formula is C50H77NO12. The number of Topliss-reactive ketones (excluding diaryl/α,β-unsaturated/α-hetero) is 3. The summed E-state index contributed by atoms with van der Waals surface area (Å²) in [6.07, 6.45) is 13.2. The SMILES string of the molecule is CO[C@H]1C[C@@H]2CC[C@@H](C)[C@@](O)(O2)C(=O)C(=O)N2CCCC[C@H]2C(=O)O[C@H]([C@H](C)CC2CCC(O)CC2)CC(=O)C(C)=CC(C)[C@@H](O)[C@@H](OC)C(=O)[C@H](C)C[C@H](C)C=CC=CC=C1C. The lowest BCUT2D eigenvalue weighted by molar-refractivity contribution is -0.265. The van der Waals surface area contributed by atoms with Crippen LogP contribution in [0.3, 0.4) is 0 Å². The molecule has 1 amide bonds. The first-order valence-electron chi connectivity index (χ1n) is 23.5. The molecule has 1 aliphatic carbocycles. The Balaban J connectivity index is 1.69. The highest BCUT2D eigenvalue weighted by Gasteiger charge is 2.53. The first kappa shape index (κ1) is 52.3. The number of cyclic esters (lactones) is 1. The molecule has 4 aliphatic rings. The lowest BCUT2D eigenvalue weighted by Gasteiger charge is -2.42. The number of methoxy groups -OCH3 is 2. The summed E-state index contributed by atoms with van der Waals surface area (Å²) in [4.78, 5) is 71.5. The highest BCUT2D eigenvalue weighted by molar-refractivity contribution is 6.39. The Bertz CT molecular complexity index is 1690. The van der Waals surface area contributed by atoms with Gasteiger partial charge in [-0.25, -0.2) is 4.79 Å². The first-order chi connectivity index (χ1) is 29.8. The molecule has 3 fully saturated rings. The van der Waals surface area contributed by atoms with Crippen LogP contribution in [-0.4, -0.2) is 119 Å². The summed E-state index contributed by atoms with van der Waals surface area (Å²) in [5.41, 5.74) is 1.22. The van der Waals surface area contributed by atoms with Gasteiger partial charge in [0, 0.05) is 51.4 Å². The van der Waals surface area contributed by atoms with Gasteiger partial charge in [-0.15, -0.1) is 0 Å². The van der Waals surface area contributed by atoms with Gasteiger partial charge in [0.2, 0.25) is 5.79 Å². The standard InChI is InChI=1S/C50H77NO12/c1-30-15-11-10-12-16-31(2)42(60-8)28-39-23-18-36(7)50(59,63-39)47(56)48(57)51-24-14-13-17-40(51)49(58)62-43(33(4)27-37-19-21-38(52)22-20-37)29-41(53)32(3)26-35(6)45(55)46(61-9)44(54)34(5)25-30/h10-12,15-16,26,30,33-40,42-43,45-46,52,55,59H,13-14,17-25,27-29H2,1-9H3/t30-,33-,34-,35?,36-,37?,38?,39+,40+,42+,43+,45-,46+,50-/m1/s1. The van der Waals surface area contributed by atoms with E-state index in [0.29, 0.717) is 63.4 Å². The van der Waals surface area contributed by atoms with Gasteiger partial charge in [0.05, 0.1) is 24.4 Å². The van der Waals surface area contributed by atoms with Crippen molar-refractivity contribution < 1.29 is 58.2 Å². The molecule has 0 aromatic heterocycles. The number of allylic oxidation sites excluding steroid dienone is 6. The van der Waals surface area contributed by atoms with Gasteiger partial charge in [0.15, 0.2) is 11.6 Å². The van der Waals surface area contributed by atoms with Crippen molar-refractivity contribution in [2.75, 3.05) is 20.8 Å². The largest absolute Gasteiger partial charge is 0.460 e. The summed E-state index contributed by atoms with van der Waals surface area (Å²) < 4.78 is 23.8. The number of aliphatic hydroxyl groups excluding tert-OH is 2. The average molecular weight is 884 g/mol. The van der Waals surface area contributed by atoms with Crippen LogP contribution in [-0.2, 0) is 42.9 Å². The lowest BCUT2D eigenvalue weighted by Crippen LogP contribution is -2.61. The molecule has 4 rings (SSSR count). The fourth-order valence-corrected chi connectivity index (χ4v) is 9.85. The zero-order valence-corrected chi connectivity index (χ0v) is 39.3. The van der Waals surface area contributed by atoms with Gasteiger partial charge < -0.3 is 39.2 Å². The van der Waals surface area contributed by atoms with E-state index in [4.69, 9.17) is 18.9 Å². The van der Waals surface area contributed by atoms with E-state index in [0.717, 1.165) is 18.4 Å². The third-order valence-corrected chi connectivity index (χ3v) is 14.1. The Hall–Kier alpha value is -3.33. The van der Waals surface area contributed by atoms with Gasteiger partial charge in [-0.3, -0.25) is 19.2 Å². The van der Waals surface area contributed by atoms with Gasteiger partial charge in [-0.2, -0.15) is 0 Å². The molecule has 0 aromatic carbocycles. The minimum atomic E-state index is -2.42. The van der Waals surface area contributed by atoms with Crippen molar-refractivity contribution in [1.29, 1.82) is 0 Å². The topological polar surface area (TPSA) is 186 Å². The van der Waals surface area contributed by atoms with Crippen molar-refractivity contribution in [3.05, 3.63) is 47.6 Å². The number of hydrogen-bond donors (Lipinski definition) is 3. The molecule has 13 nitrogen and oxygen atoms in total. The van der Waals surface area contributed by atoms with E-state index >= 15 is 0 Å². The molecule has 354 valence electrons. The Labute approximate surface area is 375 Å². The predicted molar refractivity (Wildman–Crippen MR) is 239 cm³/mol. The minimum Gasteiger partial charge on any atom is -0.460 e. The van der Waals surface area contributed by atoms with Crippen molar-refractivity contribution in [2.45, 2.75) is 180 Å². The van der Waals surface area contributed by atoms with Gasteiger partial charge >= 0.3 is 5.97 Å². The number of fused-ring (bicyclic) bond motifs is 3. The highest BCUT2D eigenvalue weighted by atomic mass is 16.6. The average Bonchev–Trinajstić information content (AvgIpc) is 3.26.